The predicted molar refractivity (Wildman–Crippen MR) is 76.8 cm³/mol. The molecule has 2 aromatic rings. The third kappa shape index (κ3) is 3.12. The lowest BCUT2D eigenvalue weighted by atomic mass is 10.1. The second-order valence-electron chi connectivity index (χ2n) is 4.25. The molecule has 0 heterocycles. The van der Waals surface area contributed by atoms with Crippen LogP contribution in [0, 0.1) is 24.0 Å². The molecule has 2 rings (SSSR count). The fourth-order valence-corrected chi connectivity index (χ4v) is 2.54. The molecule has 0 fully saturated rings. The van der Waals surface area contributed by atoms with Gasteiger partial charge in [-0.1, -0.05) is 6.07 Å². The number of nitro benzene ring substituents is 1. The summed E-state index contributed by atoms with van der Waals surface area (Å²) >= 11 is 3.46. The van der Waals surface area contributed by atoms with E-state index < -0.39 is 4.92 Å². The SMILES string of the molecule is Cc1cc(C)c(Oc2ccc([N+](=O)[O-])cc2)c(Br)c1. The first-order chi connectivity index (χ1) is 8.97. The van der Waals surface area contributed by atoms with Gasteiger partial charge in [-0.15, -0.1) is 0 Å². The van der Waals surface area contributed by atoms with Crippen molar-refractivity contribution in [3.05, 3.63) is 62.1 Å². The maximum Gasteiger partial charge on any atom is 0.269 e. The highest BCUT2D eigenvalue weighted by atomic mass is 79.9. The van der Waals surface area contributed by atoms with Gasteiger partial charge in [0.1, 0.15) is 11.5 Å². The molecule has 0 bridgehead atoms. The molecule has 0 aliphatic carbocycles. The Hall–Kier alpha value is -1.88. The standard InChI is InChI=1S/C14H12BrNO3/c1-9-7-10(2)14(13(15)8-9)19-12-5-3-11(4-6-12)16(17)18/h3-8H,1-2H3. The summed E-state index contributed by atoms with van der Waals surface area (Å²) in [5.74, 6) is 1.29. The Morgan fingerprint density at radius 2 is 1.79 bits per heavy atom. The van der Waals surface area contributed by atoms with Crippen LogP contribution in [0.5, 0.6) is 11.5 Å². The number of halogens is 1. The summed E-state index contributed by atoms with van der Waals surface area (Å²) in [6, 6.07) is 10.0. The smallest absolute Gasteiger partial charge is 0.269 e. The Morgan fingerprint density at radius 1 is 1.16 bits per heavy atom. The molecule has 2 aromatic carbocycles. The van der Waals surface area contributed by atoms with Gasteiger partial charge < -0.3 is 4.74 Å². The van der Waals surface area contributed by atoms with E-state index in [2.05, 4.69) is 15.9 Å². The number of hydrogen-bond acceptors (Lipinski definition) is 3. The predicted octanol–water partition coefficient (Wildman–Crippen LogP) is 4.77. The van der Waals surface area contributed by atoms with Gasteiger partial charge >= 0.3 is 0 Å². The summed E-state index contributed by atoms with van der Waals surface area (Å²) < 4.78 is 6.62. The molecule has 0 amide bonds. The number of aryl methyl sites for hydroxylation is 2. The largest absolute Gasteiger partial charge is 0.456 e. The third-order valence-corrected chi connectivity index (χ3v) is 3.23. The lowest BCUT2D eigenvalue weighted by molar-refractivity contribution is -0.384. The maximum absolute atomic E-state index is 10.6. The Kier molecular flexibility index (Phi) is 3.85. The highest BCUT2D eigenvalue weighted by Gasteiger charge is 2.09. The van der Waals surface area contributed by atoms with Crippen molar-refractivity contribution < 1.29 is 9.66 Å². The van der Waals surface area contributed by atoms with Crippen molar-refractivity contribution in [2.45, 2.75) is 13.8 Å². The molecule has 0 aliphatic heterocycles. The summed E-state index contributed by atoms with van der Waals surface area (Å²) in [6.45, 7) is 3.96. The first-order valence-corrected chi connectivity index (χ1v) is 6.46. The summed E-state index contributed by atoms with van der Waals surface area (Å²) in [5.41, 5.74) is 2.19. The topological polar surface area (TPSA) is 52.4 Å². The summed E-state index contributed by atoms with van der Waals surface area (Å²) in [6.07, 6.45) is 0. The zero-order chi connectivity index (χ0) is 14.0. The molecule has 0 saturated carbocycles. The van der Waals surface area contributed by atoms with Gasteiger partial charge in [-0.25, -0.2) is 0 Å². The normalized spacial score (nSPS) is 10.3. The van der Waals surface area contributed by atoms with Crippen molar-refractivity contribution in [2.24, 2.45) is 0 Å². The van der Waals surface area contributed by atoms with E-state index in [4.69, 9.17) is 4.74 Å². The van der Waals surface area contributed by atoms with Gasteiger partial charge in [0.05, 0.1) is 9.40 Å². The van der Waals surface area contributed by atoms with Crippen LogP contribution < -0.4 is 4.74 Å². The molecular formula is C14H12BrNO3. The van der Waals surface area contributed by atoms with Crippen molar-refractivity contribution in [1.82, 2.24) is 0 Å². The van der Waals surface area contributed by atoms with Crippen molar-refractivity contribution >= 4 is 21.6 Å². The number of nitrogens with zero attached hydrogens (tertiary/aromatic N) is 1. The van der Waals surface area contributed by atoms with E-state index in [-0.39, 0.29) is 5.69 Å². The Bertz CT molecular complexity index is 600. The van der Waals surface area contributed by atoms with E-state index in [0.29, 0.717) is 5.75 Å². The van der Waals surface area contributed by atoms with Crippen LogP contribution in [0.25, 0.3) is 0 Å². The van der Waals surface area contributed by atoms with Crippen LogP contribution in [-0.2, 0) is 0 Å². The van der Waals surface area contributed by atoms with E-state index in [9.17, 15) is 10.1 Å². The Labute approximate surface area is 119 Å². The molecule has 0 spiro atoms. The number of non-ortho nitro benzene ring substituents is 1. The van der Waals surface area contributed by atoms with Crippen LogP contribution in [0.4, 0.5) is 5.69 Å². The van der Waals surface area contributed by atoms with Crippen molar-refractivity contribution in [2.75, 3.05) is 0 Å². The van der Waals surface area contributed by atoms with Crippen LogP contribution in [0.15, 0.2) is 40.9 Å². The minimum Gasteiger partial charge on any atom is -0.456 e. The molecule has 0 aromatic heterocycles. The van der Waals surface area contributed by atoms with Gasteiger partial charge in [0.25, 0.3) is 5.69 Å². The molecule has 5 heteroatoms. The lowest BCUT2D eigenvalue weighted by Gasteiger charge is -2.11. The van der Waals surface area contributed by atoms with Crippen LogP contribution in [0.2, 0.25) is 0 Å². The molecule has 98 valence electrons. The van der Waals surface area contributed by atoms with Crippen LogP contribution >= 0.6 is 15.9 Å². The minimum atomic E-state index is -0.434. The first-order valence-electron chi connectivity index (χ1n) is 5.66. The van der Waals surface area contributed by atoms with Gasteiger partial charge in [0.2, 0.25) is 0 Å². The number of hydrogen-bond donors (Lipinski definition) is 0. The summed E-state index contributed by atoms with van der Waals surface area (Å²) in [7, 11) is 0. The number of rotatable bonds is 3. The average molecular weight is 322 g/mol. The van der Waals surface area contributed by atoms with Crippen LogP contribution in [0.1, 0.15) is 11.1 Å². The Balaban J connectivity index is 2.29. The molecule has 0 aliphatic rings. The van der Waals surface area contributed by atoms with Crippen LogP contribution in [0.3, 0.4) is 0 Å². The average Bonchev–Trinajstić information content (AvgIpc) is 2.34. The van der Waals surface area contributed by atoms with Gasteiger partial charge in [-0.2, -0.15) is 0 Å². The summed E-state index contributed by atoms with van der Waals surface area (Å²) in [5, 5.41) is 10.6. The molecule has 4 nitrogen and oxygen atoms in total. The fourth-order valence-electron chi connectivity index (χ4n) is 1.79. The van der Waals surface area contributed by atoms with Gasteiger partial charge in [0, 0.05) is 12.1 Å². The number of benzene rings is 2. The highest BCUT2D eigenvalue weighted by Crippen LogP contribution is 2.34. The monoisotopic (exact) mass is 321 g/mol. The van der Waals surface area contributed by atoms with Gasteiger partial charge in [-0.05, 0) is 59.1 Å². The van der Waals surface area contributed by atoms with E-state index in [1.54, 1.807) is 12.1 Å². The van der Waals surface area contributed by atoms with E-state index in [0.717, 1.165) is 21.3 Å². The third-order valence-electron chi connectivity index (χ3n) is 2.64. The molecule has 19 heavy (non-hydrogen) atoms. The van der Waals surface area contributed by atoms with Gasteiger partial charge in [0.15, 0.2) is 0 Å². The minimum absolute atomic E-state index is 0.0482. The van der Waals surface area contributed by atoms with Crippen LogP contribution in [-0.4, -0.2) is 4.92 Å². The van der Waals surface area contributed by atoms with Gasteiger partial charge in [-0.3, -0.25) is 10.1 Å². The lowest BCUT2D eigenvalue weighted by Crippen LogP contribution is -1.91. The van der Waals surface area contributed by atoms with Crippen molar-refractivity contribution in [3.8, 4) is 11.5 Å². The second kappa shape index (κ2) is 5.40. The molecular weight excluding hydrogens is 310 g/mol. The molecule has 0 radical (unpaired) electrons. The highest BCUT2D eigenvalue weighted by molar-refractivity contribution is 9.10. The zero-order valence-electron chi connectivity index (χ0n) is 10.5. The van der Waals surface area contributed by atoms with Crippen molar-refractivity contribution in [1.29, 1.82) is 0 Å². The van der Waals surface area contributed by atoms with E-state index in [1.165, 1.54) is 12.1 Å². The Morgan fingerprint density at radius 3 is 2.32 bits per heavy atom. The van der Waals surface area contributed by atoms with E-state index >= 15 is 0 Å². The van der Waals surface area contributed by atoms with E-state index in [1.807, 2.05) is 26.0 Å². The number of nitro groups is 1. The first kappa shape index (κ1) is 13.5. The maximum atomic E-state index is 10.6. The number of ether oxygens (including phenoxy) is 1. The molecule has 0 N–H and O–H groups in total. The second-order valence-corrected chi connectivity index (χ2v) is 5.10. The zero-order valence-corrected chi connectivity index (χ0v) is 12.1. The van der Waals surface area contributed by atoms with Crippen molar-refractivity contribution in [3.63, 3.8) is 0 Å². The summed E-state index contributed by atoms with van der Waals surface area (Å²) in [4.78, 5) is 10.1. The molecule has 0 atom stereocenters. The fraction of sp³-hybridized carbons (Fsp3) is 0.143. The molecule has 0 saturated heterocycles. The molecule has 0 unspecified atom stereocenters. The quantitative estimate of drug-likeness (QED) is 0.604.